The average molecular weight is 147 g/mol. The molecule has 0 radical (unpaired) electrons. The van der Waals surface area contributed by atoms with Gasteiger partial charge in [0.15, 0.2) is 5.78 Å². The Morgan fingerprint density at radius 2 is 2.45 bits per heavy atom. The molecule has 0 spiro atoms. The molecule has 0 aromatic carbocycles. The lowest BCUT2D eigenvalue weighted by atomic mass is 10.2. The summed E-state index contributed by atoms with van der Waals surface area (Å²) < 4.78 is 0. The van der Waals surface area contributed by atoms with Crippen molar-refractivity contribution < 1.29 is 4.79 Å². The summed E-state index contributed by atoms with van der Waals surface area (Å²) in [5, 5.41) is 0. The second kappa shape index (κ2) is 3.10. The maximum atomic E-state index is 10.8. The number of pyridine rings is 1. The van der Waals surface area contributed by atoms with Gasteiger partial charge in [-0.05, 0) is 17.7 Å². The van der Waals surface area contributed by atoms with Crippen LogP contribution in [0.5, 0.6) is 0 Å². The van der Waals surface area contributed by atoms with Crippen LogP contribution in [0.15, 0.2) is 24.9 Å². The molecule has 2 nitrogen and oxygen atoms in total. The minimum absolute atomic E-state index is 0.0197. The highest BCUT2D eigenvalue weighted by molar-refractivity contribution is 5.92. The molecule has 11 heavy (non-hydrogen) atoms. The number of carbonyl (C=O) groups excluding carboxylic acids is 1. The molecule has 0 amide bonds. The van der Waals surface area contributed by atoms with Crippen LogP contribution in [0.3, 0.4) is 0 Å². The smallest absolute Gasteiger partial charge is 0.178 e. The first kappa shape index (κ1) is 7.66. The number of hydrogen-bond donors (Lipinski definition) is 0. The molecule has 0 aliphatic heterocycles. The fourth-order valence-corrected chi connectivity index (χ4v) is 0.766. The molecular weight excluding hydrogens is 138 g/mol. The lowest BCUT2D eigenvalue weighted by Crippen LogP contribution is -1.95. The Hall–Kier alpha value is -1.44. The first-order valence-corrected chi connectivity index (χ1v) is 3.33. The van der Waals surface area contributed by atoms with E-state index in [9.17, 15) is 4.79 Å². The van der Waals surface area contributed by atoms with Crippen molar-refractivity contribution in [2.75, 3.05) is 0 Å². The van der Waals surface area contributed by atoms with E-state index < -0.39 is 0 Å². The first-order valence-electron chi connectivity index (χ1n) is 3.33. The summed E-state index contributed by atoms with van der Waals surface area (Å²) in [5.41, 5.74) is 1.41. The fraction of sp³-hybridized carbons (Fsp3) is 0.111. The molecule has 2 heteroatoms. The molecule has 0 aliphatic rings. The Bertz CT molecular complexity index is 291. The van der Waals surface area contributed by atoms with Crippen LogP contribution in [0.4, 0.5) is 0 Å². The number of aromatic nitrogens is 1. The maximum Gasteiger partial charge on any atom is 0.178 e. The van der Waals surface area contributed by atoms with Crippen LogP contribution in [0.1, 0.15) is 23.0 Å². The number of hydrogen-bond acceptors (Lipinski definition) is 2. The van der Waals surface area contributed by atoms with Crippen molar-refractivity contribution in [2.45, 2.75) is 6.92 Å². The maximum absolute atomic E-state index is 10.8. The van der Waals surface area contributed by atoms with Crippen molar-refractivity contribution in [3.63, 3.8) is 0 Å². The molecule has 0 bridgehead atoms. The number of ketones is 1. The summed E-state index contributed by atoms with van der Waals surface area (Å²) in [5.74, 6) is -0.0197. The number of carbonyl (C=O) groups is 1. The third-order valence-electron chi connectivity index (χ3n) is 1.38. The predicted molar refractivity (Wildman–Crippen MR) is 44.3 cm³/mol. The summed E-state index contributed by atoms with van der Waals surface area (Å²) >= 11 is 0. The van der Waals surface area contributed by atoms with Crippen molar-refractivity contribution in [2.24, 2.45) is 0 Å². The van der Waals surface area contributed by atoms with Gasteiger partial charge in [-0.25, -0.2) is 0 Å². The number of Topliss-reactive ketones (excluding diaryl/α,β-unsaturated/α-hetero) is 1. The van der Waals surface area contributed by atoms with E-state index >= 15 is 0 Å². The minimum atomic E-state index is -0.0197. The van der Waals surface area contributed by atoms with Gasteiger partial charge in [-0.2, -0.15) is 0 Å². The van der Waals surface area contributed by atoms with E-state index in [2.05, 4.69) is 11.6 Å². The lowest BCUT2D eigenvalue weighted by Gasteiger charge is -1.94. The number of nitrogens with zero attached hydrogens (tertiary/aromatic N) is 1. The Labute approximate surface area is 65.6 Å². The molecule has 0 atom stereocenters. The van der Waals surface area contributed by atoms with E-state index in [-0.39, 0.29) is 5.78 Å². The van der Waals surface area contributed by atoms with E-state index in [1.54, 1.807) is 24.4 Å². The standard InChI is InChI=1S/C9H9NO/c1-3-8-4-5-10-9(6-8)7(2)11/h3-6H,1H2,2H3. The van der Waals surface area contributed by atoms with Gasteiger partial charge in [0, 0.05) is 13.1 Å². The van der Waals surface area contributed by atoms with Crippen LogP contribution in [-0.2, 0) is 0 Å². The van der Waals surface area contributed by atoms with E-state index in [0.29, 0.717) is 5.69 Å². The van der Waals surface area contributed by atoms with Crippen molar-refractivity contribution in [1.82, 2.24) is 4.98 Å². The van der Waals surface area contributed by atoms with Crippen LogP contribution in [0.25, 0.3) is 6.08 Å². The number of rotatable bonds is 2. The highest BCUT2D eigenvalue weighted by atomic mass is 16.1. The average Bonchev–Trinajstić information content (AvgIpc) is 2.05. The van der Waals surface area contributed by atoms with Gasteiger partial charge >= 0.3 is 0 Å². The molecule has 0 aliphatic carbocycles. The third kappa shape index (κ3) is 1.74. The lowest BCUT2D eigenvalue weighted by molar-refractivity contribution is 0.101. The van der Waals surface area contributed by atoms with Crippen LogP contribution >= 0.6 is 0 Å². The molecular formula is C9H9NO. The Morgan fingerprint density at radius 1 is 1.73 bits per heavy atom. The van der Waals surface area contributed by atoms with Gasteiger partial charge in [-0.1, -0.05) is 12.7 Å². The summed E-state index contributed by atoms with van der Waals surface area (Å²) in [4.78, 5) is 14.7. The zero-order valence-corrected chi connectivity index (χ0v) is 6.37. The van der Waals surface area contributed by atoms with Crippen LogP contribution < -0.4 is 0 Å². The van der Waals surface area contributed by atoms with Crippen LogP contribution in [-0.4, -0.2) is 10.8 Å². The highest BCUT2D eigenvalue weighted by Crippen LogP contribution is 2.02. The van der Waals surface area contributed by atoms with Gasteiger partial charge in [0.1, 0.15) is 5.69 Å². The predicted octanol–water partition coefficient (Wildman–Crippen LogP) is 1.93. The molecule has 1 aromatic rings. The van der Waals surface area contributed by atoms with Gasteiger partial charge in [0.05, 0.1) is 0 Å². The van der Waals surface area contributed by atoms with E-state index in [1.807, 2.05) is 0 Å². The SMILES string of the molecule is C=Cc1ccnc(C(C)=O)c1. The normalized spacial score (nSPS) is 9.18. The van der Waals surface area contributed by atoms with Gasteiger partial charge in [0.2, 0.25) is 0 Å². The molecule has 0 saturated heterocycles. The molecule has 56 valence electrons. The molecule has 0 fully saturated rings. The van der Waals surface area contributed by atoms with E-state index in [4.69, 9.17) is 0 Å². The van der Waals surface area contributed by atoms with E-state index in [1.165, 1.54) is 6.92 Å². The molecule has 1 rings (SSSR count). The molecule has 1 aromatic heterocycles. The molecule has 1 heterocycles. The van der Waals surface area contributed by atoms with Gasteiger partial charge in [-0.15, -0.1) is 0 Å². The summed E-state index contributed by atoms with van der Waals surface area (Å²) in [6.07, 6.45) is 3.29. The van der Waals surface area contributed by atoms with Crippen LogP contribution in [0.2, 0.25) is 0 Å². The molecule has 0 saturated carbocycles. The van der Waals surface area contributed by atoms with Crippen molar-refractivity contribution >= 4 is 11.9 Å². The Balaban J connectivity index is 3.10. The zero-order chi connectivity index (χ0) is 8.27. The second-order valence-corrected chi connectivity index (χ2v) is 2.23. The third-order valence-corrected chi connectivity index (χ3v) is 1.38. The second-order valence-electron chi connectivity index (χ2n) is 2.23. The van der Waals surface area contributed by atoms with E-state index in [0.717, 1.165) is 5.56 Å². The Morgan fingerprint density at radius 3 is 3.00 bits per heavy atom. The van der Waals surface area contributed by atoms with Crippen molar-refractivity contribution in [3.8, 4) is 0 Å². The van der Waals surface area contributed by atoms with Gasteiger partial charge in [0.25, 0.3) is 0 Å². The summed E-state index contributed by atoms with van der Waals surface area (Å²) in [6, 6.07) is 3.52. The van der Waals surface area contributed by atoms with Crippen molar-refractivity contribution in [1.29, 1.82) is 0 Å². The Kier molecular flexibility index (Phi) is 2.16. The molecule has 0 N–H and O–H groups in total. The fourth-order valence-electron chi connectivity index (χ4n) is 0.766. The summed E-state index contributed by atoms with van der Waals surface area (Å²) in [7, 11) is 0. The van der Waals surface area contributed by atoms with Crippen molar-refractivity contribution in [3.05, 3.63) is 36.2 Å². The monoisotopic (exact) mass is 147 g/mol. The largest absolute Gasteiger partial charge is 0.293 e. The first-order chi connectivity index (χ1) is 5.24. The summed E-state index contributed by atoms with van der Waals surface area (Å²) in [6.45, 7) is 5.09. The van der Waals surface area contributed by atoms with Crippen LogP contribution in [0, 0.1) is 0 Å². The highest BCUT2D eigenvalue weighted by Gasteiger charge is 1.98. The minimum Gasteiger partial charge on any atom is -0.293 e. The zero-order valence-electron chi connectivity index (χ0n) is 6.37. The van der Waals surface area contributed by atoms with Gasteiger partial charge < -0.3 is 0 Å². The topological polar surface area (TPSA) is 30.0 Å². The molecule has 0 unspecified atom stereocenters. The van der Waals surface area contributed by atoms with Gasteiger partial charge in [-0.3, -0.25) is 9.78 Å². The quantitative estimate of drug-likeness (QED) is 0.598.